The highest BCUT2D eigenvalue weighted by atomic mass is 79.9. The second-order valence-corrected chi connectivity index (χ2v) is 7.31. The lowest BCUT2D eigenvalue weighted by molar-refractivity contribution is 0.594. The Hall–Kier alpha value is -2.42. The van der Waals surface area contributed by atoms with Crippen LogP contribution in [0.2, 0.25) is 5.02 Å². The van der Waals surface area contributed by atoms with Crippen LogP contribution in [0, 0.1) is 0 Å². The SMILES string of the molecule is Clc1ccc2[o+]c(C=Cc3ccc(Br)cc3)c(-c3ccccc3)cc2c1. The largest absolute Gasteiger partial charge is 0.361 e. The third kappa shape index (κ3) is 3.72. The van der Waals surface area contributed by atoms with Gasteiger partial charge in [0.1, 0.15) is 0 Å². The van der Waals surface area contributed by atoms with Crippen molar-refractivity contribution in [1.82, 2.24) is 0 Å². The lowest BCUT2D eigenvalue weighted by Crippen LogP contribution is -1.85. The van der Waals surface area contributed by atoms with E-state index in [4.69, 9.17) is 16.0 Å². The van der Waals surface area contributed by atoms with Crippen molar-refractivity contribution >= 4 is 50.7 Å². The lowest BCUT2D eigenvalue weighted by Gasteiger charge is -2.01. The predicted octanol–water partition coefficient (Wildman–Crippen LogP) is 7.97. The summed E-state index contributed by atoms with van der Waals surface area (Å²) in [6, 6.07) is 26.2. The molecule has 4 aromatic rings. The zero-order valence-electron chi connectivity index (χ0n) is 13.8. The van der Waals surface area contributed by atoms with Gasteiger partial charge in [-0.1, -0.05) is 70.0 Å². The summed E-state index contributed by atoms with van der Waals surface area (Å²) in [6.45, 7) is 0. The van der Waals surface area contributed by atoms with Gasteiger partial charge in [-0.05, 0) is 47.5 Å². The van der Waals surface area contributed by atoms with Crippen molar-refractivity contribution in [3.63, 3.8) is 0 Å². The predicted molar refractivity (Wildman–Crippen MR) is 114 cm³/mol. The maximum Gasteiger partial charge on any atom is 0.361 e. The zero-order valence-corrected chi connectivity index (χ0v) is 16.2. The van der Waals surface area contributed by atoms with Crippen molar-refractivity contribution in [3.05, 3.63) is 99.7 Å². The lowest BCUT2D eigenvalue weighted by atomic mass is 10.0. The number of hydrogen-bond acceptors (Lipinski definition) is 0. The van der Waals surface area contributed by atoms with Crippen LogP contribution in [0.15, 0.2) is 87.8 Å². The van der Waals surface area contributed by atoms with Gasteiger partial charge >= 0.3 is 11.3 Å². The fourth-order valence-corrected chi connectivity index (χ4v) is 3.28. The van der Waals surface area contributed by atoms with Gasteiger partial charge < -0.3 is 0 Å². The molecule has 26 heavy (non-hydrogen) atoms. The van der Waals surface area contributed by atoms with Gasteiger partial charge in [-0.2, -0.15) is 0 Å². The van der Waals surface area contributed by atoms with Crippen LogP contribution in [-0.4, -0.2) is 0 Å². The molecule has 1 heterocycles. The highest BCUT2D eigenvalue weighted by Gasteiger charge is 2.18. The molecule has 0 unspecified atom stereocenters. The van der Waals surface area contributed by atoms with E-state index in [1.54, 1.807) is 0 Å². The van der Waals surface area contributed by atoms with Crippen LogP contribution in [0.4, 0.5) is 0 Å². The molecular formula is C23H15BrClO+. The molecule has 1 nitrogen and oxygen atoms in total. The van der Waals surface area contributed by atoms with E-state index in [1.807, 2.05) is 54.6 Å². The number of fused-ring (bicyclic) bond motifs is 1. The molecule has 0 bridgehead atoms. The smallest absolute Gasteiger partial charge is 0.207 e. The van der Waals surface area contributed by atoms with Crippen molar-refractivity contribution in [3.8, 4) is 11.1 Å². The Morgan fingerprint density at radius 2 is 1.58 bits per heavy atom. The number of hydrogen-bond donors (Lipinski definition) is 0. The third-order valence-corrected chi connectivity index (χ3v) is 4.90. The molecule has 0 aliphatic heterocycles. The molecule has 0 radical (unpaired) electrons. The van der Waals surface area contributed by atoms with Gasteiger partial charge in [0.25, 0.3) is 0 Å². The molecule has 0 aliphatic rings. The molecule has 1 aromatic heterocycles. The van der Waals surface area contributed by atoms with Gasteiger partial charge in [0.2, 0.25) is 0 Å². The summed E-state index contributed by atoms with van der Waals surface area (Å²) in [5.74, 6) is 0.814. The molecule has 3 heteroatoms. The minimum atomic E-state index is 0.699. The summed E-state index contributed by atoms with van der Waals surface area (Å²) in [6.07, 6.45) is 4.07. The van der Waals surface area contributed by atoms with E-state index in [0.29, 0.717) is 5.02 Å². The first-order valence-electron chi connectivity index (χ1n) is 8.24. The Labute approximate surface area is 165 Å². The normalized spacial score (nSPS) is 11.3. The van der Waals surface area contributed by atoms with Crippen LogP contribution in [0.25, 0.3) is 34.2 Å². The van der Waals surface area contributed by atoms with Crippen molar-refractivity contribution in [1.29, 1.82) is 0 Å². The Kier molecular flexibility index (Phi) is 4.87. The summed E-state index contributed by atoms with van der Waals surface area (Å²) in [5, 5.41) is 1.68. The highest BCUT2D eigenvalue weighted by Crippen LogP contribution is 2.31. The maximum absolute atomic E-state index is 6.19. The van der Waals surface area contributed by atoms with E-state index in [-0.39, 0.29) is 0 Å². The highest BCUT2D eigenvalue weighted by molar-refractivity contribution is 9.10. The molecular weight excluding hydrogens is 408 g/mol. The molecule has 0 aliphatic carbocycles. The van der Waals surface area contributed by atoms with Gasteiger partial charge in [-0.25, -0.2) is 4.42 Å². The van der Waals surface area contributed by atoms with Crippen LogP contribution in [0.1, 0.15) is 11.3 Å². The van der Waals surface area contributed by atoms with Crippen LogP contribution in [-0.2, 0) is 0 Å². The molecule has 0 N–H and O–H groups in total. The minimum absolute atomic E-state index is 0.699. The zero-order chi connectivity index (χ0) is 17.9. The molecule has 0 saturated heterocycles. The van der Waals surface area contributed by atoms with Crippen LogP contribution in [0.5, 0.6) is 0 Å². The summed E-state index contributed by atoms with van der Waals surface area (Å²) in [4.78, 5) is 0. The Balaban J connectivity index is 1.85. The van der Waals surface area contributed by atoms with Gasteiger partial charge in [-0.3, -0.25) is 0 Å². The van der Waals surface area contributed by atoms with Crippen molar-refractivity contribution in [2.45, 2.75) is 0 Å². The van der Waals surface area contributed by atoms with Gasteiger partial charge in [0.05, 0.1) is 10.9 Å². The van der Waals surface area contributed by atoms with Crippen LogP contribution < -0.4 is 0 Å². The average molecular weight is 423 g/mol. The summed E-state index contributed by atoms with van der Waals surface area (Å²) in [5.41, 5.74) is 4.06. The third-order valence-electron chi connectivity index (χ3n) is 4.14. The van der Waals surface area contributed by atoms with E-state index in [1.165, 1.54) is 0 Å². The van der Waals surface area contributed by atoms with Crippen LogP contribution in [0.3, 0.4) is 0 Å². The van der Waals surface area contributed by atoms with Crippen molar-refractivity contribution in [2.24, 2.45) is 0 Å². The van der Waals surface area contributed by atoms with E-state index < -0.39 is 0 Å². The fourth-order valence-electron chi connectivity index (χ4n) is 2.84. The Bertz CT molecular complexity index is 1090. The maximum atomic E-state index is 6.19. The number of rotatable bonds is 3. The summed E-state index contributed by atoms with van der Waals surface area (Å²) in [7, 11) is 0. The average Bonchev–Trinajstić information content (AvgIpc) is 2.67. The van der Waals surface area contributed by atoms with Crippen LogP contribution >= 0.6 is 27.5 Å². The second-order valence-electron chi connectivity index (χ2n) is 5.96. The summed E-state index contributed by atoms with van der Waals surface area (Å²) < 4.78 is 7.26. The van der Waals surface area contributed by atoms with Crippen molar-refractivity contribution < 1.29 is 4.42 Å². The molecule has 0 amide bonds. The monoisotopic (exact) mass is 421 g/mol. The first-order chi connectivity index (χ1) is 12.7. The first-order valence-corrected chi connectivity index (χ1v) is 9.42. The van der Waals surface area contributed by atoms with Gasteiger partial charge in [-0.15, -0.1) is 0 Å². The topological polar surface area (TPSA) is 11.3 Å². The molecule has 0 saturated carbocycles. The fraction of sp³-hybridized carbons (Fsp3) is 0. The minimum Gasteiger partial charge on any atom is -0.207 e. The van der Waals surface area contributed by atoms with E-state index in [2.05, 4.69) is 52.3 Å². The number of halogens is 2. The quantitative estimate of drug-likeness (QED) is 0.305. The van der Waals surface area contributed by atoms with E-state index in [0.717, 1.165) is 37.9 Å². The molecule has 0 spiro atoms. The second kappa shape index (κ2) is 7.45. The summed E-state index contributed by atoms with van der Waals surface area (Å²) >= 11 is 9.61. The van der Waals surface area contributed by atoms with Crippen molar-refractivity contribution in [2.75, 3.05) is 0 Å². The Morgan fingerprint density at radius 3 is 2.35 bits per heavy atom. The molecule has 3 aromatic carbocycles. The molecule has 0 atom stereocenters. The first kappa shape index (κ1) is 17.0. The Morgan fingerprint density at radius 1 is 0.808 bits per heavy atom. The molecule has 0 fully saturated rings. The molecule has 126 valence electrons. The standard InChI is InChI=1S/C23H15BrClO/c24-19-9-6-16(7-10-19)8-12-23-21(17-4-2-1-3-5-17)15-18-14-20(25)11-13-22(18)26-23/h1-15H/q+1. The van der Waals surface area contributed by atoms with E-state index in [9.17, 15) is 0 Å². The molecule has 4 rings (SSSR count). The number of benzene rings is 3. The van der Waals surface area contributed by atoms with E-state index >= 15 is 0 Å². The van der Waals surface area contributed by atoms with Gasteiger partial charge in [0.15, 0.2) is 0 Å². The van der Waals surface area contributed by atoms with Gasteiger partial charge in [0, 0.05) is 21.6 Å².